The maximum atomic E-state index is 12.9. The van der Waals surface area contributed by atoms with E-state index in [1.807, 2.05) is 0 Å². The van der Waals surface area contributed by atoms with Crippen molar-refractivity contribution in [3.63, 3.8) is 0 Å². The van der Waals surface area contributed by atoms with Gasteiger partial charge in [-0.15, -0.1) is 0 Å². The van der Waals surface area contributed by atoms with E-state index in [-0.39, 0.29) is 29.4 Å². The number of hydrogen-bond donors (Lipinski definition) is 1. The molecule has 0 heterocycles. The zero-order valence-corrected chi connectivity index (χ0v) is 13.5. The molecule has 0 atom stereocenters. The van der Waals surface area contributed by atoms with E-state index in [1.54, 1.807) is 0 Å². The van der Waals surface area contributed by atoms with Crippen LogP contribution in [0.15, 0.2) is 40.5 Å². The molecule has 0 radical (unpaired) electrons. The molecule has 1 aliphatic rings. The highest BCUT2D eigenvalue weighted by Crippen LogP contribution is 2.37. The van der Waals surface area contributed by atoms with Gasteiger partial charge in [0.15, 0.2) is 11.5 Å². The summed E-state index contributed by atoms with van der Waals surface area (Å²) in [6.45, 7) is -0.0456. The molecule has 130 valence electrons. The summed E-state index contributed by atoms with van der Waals surface area (Å²) in [5, 5.41) is -0.199. The first-order chi connectivity index (χ1) is 11.2. The highest BCUT2D eigenvalue weighted by atomic mass is 35.5. The van der Waals surface area contributed by atoms with Gasteiger partial charge in [0.05, 0.1) is 12.7 Å². The van der Waals surface area contributed by atoms with Gasteiger partial charge in [0.1, 0.15) is 6.61 Å². The molecule has 1 amide bonds. The van der Waals surface area contributed by atoms with Gasteiger partial charge in [0, 0.05) is 10.6 Å². The minimum absolute atomic E-state index is 0.0456. The molecule has 0 unspecified atom stereocenters. The van der Waals surface area contributed by atoms with Crippen molar-refractivity contribution in [3.8, 4) is 11.5 Å². The molecule has 0 saturated carbocycles. The number of amides is 1. The van der Waals surface area contributed by atoms with Gasteiger partial charge in [-0.2, -0.15) is 13.2 Å². The van der Waals surface area contributed by atoms with Crippen molar-refractivity contribution in [1.82, 2.24) is 0 Å². The van der Waals surface area contributed by atoms with Crippen LogP contribution in [0.3, 0.4) is 0 Å². The fourth-order valence-corrected chi connectivity index (χ4v) is 2.48. The Labute approximate surface area is 141 Å². The Hall–Kier alpha value is -2.15. The van der Waals surface area contributed by atoms with Gasteiger partial charge in [-0.05, 0) is 42.7 Å². The minimum atomic E-state index is -4.50. The maximum Gasteiger partial charge on any atom is 0.417 e. The predicted molar refractivity (Wildman–Crippen MR) is 83.3 cm³/mol. The van der Waals surface area contributed by atoms with Crippen LogP contribution in [-0.4, -0.2) is 25.8 Å². The first-order valence-corrected chi connectivity index (χ1v) is 7.36. The van der Waals surface area contributed by atoms with Crippen molar-refractivity contribution in [2.75, 3.05) is 13.7 Å². The number of carbonyl (C=O) groups is 1. The standard InChI is InChI=1S/C16H15ClF3NO3/c1-23-14-7-10(15(21)22)3-5-13(14)24-8-9-2-4-12(17)11(6-9)16(18,19)20/h3,5-7H,2,4,8H2,1H3,(H2,21,22). The number of primary amides is 1. The Morgan fingerprint density at radius 2 is 2.00 bits per heavy atom. The van der Waals surface area contributed by atoms with E-state index in [1.165, 1.54) is 25.3 Å². The van der Waals surface area contributed by atoms with Crippen LogP contribution in [0.4, 0.5) is 13.2 Å². The summed E-state index contributed by atoms with van der Waals surface area (Å²) in [4.78, 5) is 11.1. The van der Waals surface area contributed by atoms with Crippen LogP contribution in [0, 0.1) is 0 Å². The lowest BCUT2D eigenvalue weighted by Gasteiger charge is -2.19. The molecular formula is C16H15ClF3NO3. The van der Waals surface area contributed by atoms with E-state index in [2.05, 4.69) is 0 Å². The number of nitrogens with two attached hydrogens (primary N) is 1. The fraction of sp³-hybridized carbons (Fsp3) is 0.312. The lowest BCUT2D eigenvalue weighted by molar-refractivity contribution is -0.0890. The second kappa shape index (κ2) is 7.17. The van der Waals surface area contributed by atoms with Crippen LogP contribution in [0.1, 0.15) is 23.2 Å². The minimum Gasteiger partial charge on any atom is -0.493 e. The van der Waals surface area contributed by atoms with Crippen molar-refractivity contribution < 1.29 is 27.4 Å². The Balaban J connectivity index is 2.15. The second-order valence-electron chi connectivity index (χ2n) is 5.14. The Bertz CT molecular complexity index is 711. The number of rotatable bonds is 5. The number of methoxy groups -OCH3 is 1. The Kier molecular flexibility index (Phi) is 5.43. The number of alkyl halides is 3. The average molecular weight is 362 g/mol. The second-order valence-corrected chi connectivity index (χ2v) is 5.59. The summed E-state index contributed by atoms with van der Waals surface area (Å²) < 4.78 is 49.3. The first kappa shape index (κ1) is 18.2. The number of halogens is 4. The maximum absolute atomic E-state index is 12.9. The fourth-order valence-electron chi connectivity index (χ4n) is 2.22. The van der Waals surface area contributed by atoms with E-state index in [4.69, 9.17) is 26.8 Å². The molecule has 4 nitrogen and oxygen atoms in total. The first-order valence-electron chi connectivity index (χ1n) is 6.98. The highest BCUT2D eigenvalue weighted by molar-refractivity contribution is 6.30. The summed E-state index contributed by atoms with van der Waals surface area (Å²) >= 11 is 5.65. The molecule has 0 aliphatic heterocycles. The van der Waals surface area contributed by atoms with Crippen LogP contribution >= 0.6 is 11.6 Å². The van der Waals surface area contributed by atoms with Crippen molar-refractivity contribution in [2.45, 2.75) is 19.0 Å². The van der Waals surface area contributed by atoms with E-state index < -0.39 is 17.7 Å². The number of benzene rings is 1. The normalized spacial score (nSPS) is 15.1. The monoisotopic (exact) mass is 361 g/mol. The van der Waals surface area contributed by atoms with Crippen LogP contribution in [0.25, 0.3) is 0 Å². The van der Waals surface area contributed by atoms with Crippen molar-refractivity contribution in [1.29, 1.82) is 0 Å². The molecule has 2 N–H and O–H groups in total. The molecule has 24 heavy (non-hydrogen) atoms. The summed E-state index contributed by atoms with van der Waals surface area (Å²) in [6, 6.07) is 4.34. The molecular weight excluding hydrogens is 347 g/mol. The number of hydrogen-bond acceptors (Lipinski definition) is 3. The summed E-state index contributed by atoms with van der Waals surface area (Å²) in [7, 11) is 1.39. The molecule has 0 aromatic heterocycles. The van der Waals surface area contributed by atoms with Crippen LogP contribution in [-0.2, 0) is 0 Å². The smallest absolute Gasteiger partial charge is 0.417 e. The van der Waals surface area contributed by atoms with Crippen molar-refractivity contribution >= 4 is 17.5 Å². The highest BCUT2D eigenvalue weighted by Gasteiger charge is 2.36. The van der Waals surface area contributed by atoms with Gasteiger partial charge in [-0.1, -0.05) is 11.6 Å². The van der Waals surface area contributed by atoms with Gasteiger partial charge in [-0.25, -0.2) is 0 Å². The molecule has 1 aliphatic carbocycles. The zero-order chi connectivity index (χ0) is 17.9. The van der Waals surface area contributed by atoms with Gasteiger partial charge >= 0.3 is 6.18 Å². The van der Waals surface area contributed by atoms with Crippen molar-refractivity contribution in [3.05, 3.63) is 46.0 Å². The zero-order valence-electron chi connectivity index (χ0n) is 12.7. The van der Waals surface area contributed by atoms with E-state index in [0.717, 1.165) is 6.08 Å². The lowest BCUT2D eigenvalue weighted by Crippen LogP contribution is -2.16. The summed E-state index contributed by atoms with van der Waals surface area (Å²) in [6.07, 6.45) is -3.00. The molecule has 0 fully saturated rings. The summed E-state index contributed by atoms with van der Waals surface area (Å²) in [5.41, 5.74) is 5.04. The third-order valence-electron chi connectivity index (χ3n) is 3.47. The van der Waals surface area contributed by atoms with E-state index in [0.29, 0.717) is 17.7 Å². The molecule has 1 aromatic rings. The van der Waals surface area contributed by atoms with Crippen LogP contribution in [0.2, 0.25) is 0 Å². The third kappa shape index (κ3) is 4.23. The molecule has 0 saturated heterocycles. The predicted octanol–water partition coefficient (Wildman–Crippen LogP) is 3.95. The van der Waals surface area contributed by atoms with Gasteiger partial charge in [-0.3, -0.25) is 4.79 Å². The Morgan fingerprint density at radius 3 is 2.58 bits per heavy atom. The van der Waals surface area contributed by atoms with Crippen LogP contribution in [0.5, 0.6) is 11.5 Å². The SMILES string of the molecule is COc1cc(C(N)=O)ccc1OCC1=CC(C(F)(F)F)=C(Cl)CC1. The molecule has 0 bridgehead atoms. The largest absolute Gasteiger partial charge is 0.493 e. The number of allylic oxidation sites excluding steroid dienone is 3. The molecule has 0 spiro atoms. The number of ether oxygens (including phenoxy) is 2. The van der Waals surface area contributed by atoms with Gasteiger partial charge < -0.3 is 15.2 Å². The summed E-state index contributed by atoms with van der Waals surface area (Å²) in [5.74, 6) is -0.0469. The Morgan fingerprint density at radius 1 is 1.29 bits per heavy atom. The van der Waals surface area contributed by atoms with Crippen molar-refractivity contribution in [2.24, 2.45) is 5.73 Å². The van der Waals surface area contributed by atoms with Crippen LogP contribution < -0.4 is 15.2 Å². The molecule has 2 rings (SSSR count). The molecule has 1 aromatic carbocycles. The topological polar surface area (TPSA) is 61.5 Å². The van der Waals surface area contributed by atoms with Gasteiger partial charge in [0.2, 0.25) is 5.91 Å². The van der Waals surface area contributed by atoms with E-state index >= 15 is 0 Å². The number of carbonyl (C=O) groups excluding carboxylic acids is 1. The average Bonchev–Trinajstić information content (AvgIpc) is 2.52. The molecule has 8 heteroatoms. The van der Waals surface area contributed by atoms with Gasteiger partial charge in [0.25, 0.3) is 0 Å². The van der Waals surface area contributed by atoms with E-state index in [9.17, 15) is 18.0 Å². The lowest BCUT2D eigenvalue weighted by atomic mass is 9.99. The quantitative estimate of drug-likeness (QED) is 0.863. The third-order valence-corrected chi connectivity index (χ3v) is 3.87.